The van der Waals surface area contributed by atoms with Gasteiger partial charge in [-0.05, 0) is 18.1 Å². The Bertz CT molecular complexity index is 488. The van der Waals surface area contributed by atoms with Crippen molar-refractivity contribution in [2.24, 2.45) is 0 Å². The highest BCUT2D eigenvalue weighted by Gasteiger charge is 2.20. The predicted octanol–water partition coefficient (Wildman–Crippen LogP) is 2.61. The van der Waals surface area contributed by atoms with Crippen LogP contribution in [0.15, 0.2) is 24.3 Å². The highest BCUT2D eigenvalue weighted by molar-refractivity contribution is 7.88. The average Bonchev–Trinajstić information content (AvgIpc) is 2.44. The highest BCUT2D eigenvalue weighted by Crippen LogP contribution is 2.13. The summed E-state index contributed by atoms with van der Waals surface area (Å²) in [7, 11) is -3.31. The molecule has 6 heteroatoms. The van der Waals surface area contributed by atoms with E-state index in [4.69, 9.17) is 16.3 Å². The molecule has 114 valence electrons. The van der Waals surface area contributed by atoms with Gasteiger partial charge < -0.3 is 4.74 Å². The van der Waals surface area contributed by atoms with Crippen LogP contribution >= 0.6 is 11.6 Å². The van der Waals surface area contributed by atoms with Gasteiger partial charge in [0.25, 0.3) is 0 Å². The van der Waals surface area contributed by atoms with Gasteiger partial charge in [-0.25, -0.2) is 8.42 Å². The van der Waals surface area contributed by atoms with E-state index in [9.17, 15) is 8.42 Å². The maximum Gasteiger partial charge on any atom is 0.218 e. The first-order valence-electron chi connectivity index (χ1n) is 6.72. The molecule has 1 aromatic rings. The second-order valence-electron chi connectivity index (χ2n) is 4.39. The average molecular weight is 320 g/mol. The minimum absolute atomic E-state index is 0.00946. The van der Waals surface area contributed by atoms with E-state index in [1.165, 1.54) is 4.31 Å². The van der Waals surface area contributed by atoms with E-state index in [-0.39, 0.29) is 5.75 Å². The van der Waals surface area contributed by atoms with Gasteiger partial charge in [-0.2, -0.15) is 4.31 Å². The predicted molar refractivity (Wildman–Crippen MR) is 82.4 cm³/mol. The van der Waals surface area contributed by atoms with E-state index in [0.717, 1.165) is 11.1 Å². The topological polar surface area (TPSA) is 46.6 Å². The fourth-order valence-corrected chi connectivity index (χ4v) is 3.55. The first-order chi connectivity index (χ1) is 9.53. The molecule has 0 radical (unpaired) electrons. The van der Waals surface area contributed by atoms with Crippen LogP contribution in [0.5, 0.6) is 0 Å². The van der Waals surface area contributed by atoms with Gasteiger partial charge in [-0.3, -0.25) is 0 Å². The zero-order valence-corrected chi connectivity index (χ0v) is 13.6. The zero-order valence-electron chi connectivity index (χ0n) is 12.0. The Balaban J connectivity index is 2.70. The van der Waals surface area contributed by atoms with Crippen LogP contribution in [0.1, 0.15) is 25.0 Å². The normalized spacial score (nSPS) is 12.0. The second kappa shape index (κ2) is 8.62. The summed E-state index contributed by atoms with van der Waals surface area (Å²) in [5, 5.41) is 0. The van der Waals surface area contributed by atoms with E-state index < -0.39 is 10.0 Å². The van der Waals surface area contributed by atoms with Crippen molar-refractivity contribution < 1.29 is 13.2 Å². The summed E-state index contributed by atoms with van der Waals surface area (Å²) >= 11 is 5.72. The van der Waals surface area contributed by atoms with Crippen LogP contribution in [0, 0.1) is 0 Å². The molecule has 20 heavy (non-hydrogen) atoms. The highest BCUT2D eigenvalue weighted by atomic mass is 35.5. The van der Waals surface area contributed by atoms with Crippen LogP contribution in [-0.2, 0) is 26.4 Å². The van der Waals surface area contributed by atoms with Crippen molar-refractivity contribution in [3.05, 3.63) is 35.4 Å². The summed E-state index contributed by atoms with van der Waals surface area (Å²) in [4.78, 5) is 0. The number of likely N-dealkylation sites (N-methyl/N-ethyl adjacent to an activating group) is 1. The maximum atomic E-state index is 12.3. The molecule has 0 saturated carbocycles. The van der Waals surface area contributed by atoms with Gasteiger partial charge in [0.2, 0.25) is 10.0 Å². The van der Waals surface area contributed by atoms with E-state index in [1.54, 1.807) is 0 Å². The molecule has 0 unspecified atom stereocenters. The number of ether oxygens (including phenoxy) is 1. The molecule has 0 bridgehead atoms. The number of sulfonamides is 1. The molecule has 0 aliphatic heterocycles. The largest absolute Gasteiger partial charge is 0.380 e. The van der Waals surface area contributed by atoms with Crippen molar-refractivity contribution in [1.82, 2.24) is 4.31 Å². The lowest BCUT2D eigenvalue weighted by molar-refractivity contribution is 0.135. The summed E-state index contributed by atoms with van der Waals surface area (Å²) in [5.74, 6) is 0.442. The molecule has 0 aromatic heterocycles. The Labute approximate surface area is 126 Å². The lowest BCUT2D eigenvalue weighted by Gasteiger charge is -2.20. The van der Waals surface area contributed by atoms with Crippen LogP contribution in [0.2, 0.25) is 0 Å². The smallest absolute Gasteiger partial charge is 0.218 e. The van der Waals surface area contributed by atoms with Crippen LogP contribution in [0.3, 0.4) is 0 Å². The fraction of sp³-hybridized carbons (Fsp3) is 0.571. The van der Waals surface area contributed by atoms with Crippen LogP contribution in [0.4, 0.5) is 0 Å². The molecule has 0 saturated heterocycles. The number of hydrogen-bond acceptors (Lipinski definition) is 3. The minimum atomic E-state index is -3.31. The summed E-state index contributed by atoms with van der Waals surface area (Å²) in [5.41, 5.74) is 1.75. The van der Waals surface area contributed by atoms with Crippen molar-refractivity contribution >= 4 is 21.6 Å². The molecule has 0 atom stereocenters. The molecule has 1 aromatic carbocycles. The Morgan fingerprint density at radius 1 is 1.15 bits per heavy atom. The van der Waals surface area contributed by atoms with Gasteiger partial charge >= 0.3 is 0 Å². The Kier molecular flexibility index (Phi) is 7.51. The molecule has 0 aliphatic carbocycles. The number of nitrogens with zero attached hydrogens (tertiary/aromatic N) is 1. The van der Waals surface area contributed by atoms with Crippen LogP contribution < -0.4 is 0 Å². The molecule has 0 heterocycles. The third-order valence-corrected chi connectivity index (χ3v) is 5.20. The van der Waals surface area contributed by atoms with Gasteiger partial charge in [0.1, 0.15) is 0 Å². The number of halogens is 1. The van der Waals surface area contributed by atoms with E-state index in [1.807, 2.05) is 38.1 Å². The Hall–Kier alpha value is -0.620. The Morgan fingerprint density at radius 3 is 2.25 bits per heavy atom. The monoisotopic (exact) mass is 319 g/mol. The van der Waals surface area contributed by atoms with Crippen molar-refractivity contribution in [1.29, 1.82) is 0 Å². The number of benzene rings is 1. The summed E-state index contributed by atoms with van der Waals surface area (Å²) in [6.45, 7) is 5.59. The first kappa shape index (κ1) is 17.4. The van der Waals surface area contributed by atoms with Gasteiger partial charge in [0.15, 0.2) is 0 Å². The van der Waals surface area contributed by atoms with Crippen molar-refractivity contribution in [3.63, 3.8) is 0 Å². The molecule has 1 rings (SSSR count). The van der Waals surface area contributed by atoms with Crippen molar-refractivity contribution in [2.75, 3.05) is 26.3 Å². The molecule has 0 spiro atoms. The van der Waals surface area contributed by atoms with E-state index in [2.05, 4.69) is 0 Å². The molecule has 0 fully saturated rings. The molecule has 0 amide bonds. The number of rotatable bonds is 9. The molecular formula is C14H22ClNO3S. The quantitative estimate of drug-likeness (QED) is 0.519. The number of hydrogen-bond donors (Lipinski definition) is 0. The van der Waals surface area contributed by atoms with Crippen molar-refractivity contribution in [3.8, 4) is 0 Å². The zero-order chi connectivity index (χ0) is 15.0. The summed E-state index contributed by atoms with van der Waals surface area (Å²) < 4.78 is 31.3. The van der Waals surface area contributed by atoms with Gasteiger partial charge in [-0.1, -0.05) is 31.2 Å². The first-order valence-corrected chi connectivity index (χ1v) is 8.87. The van der Waals surface area contributed by atoms with Gasteiger partial charge in [0.05, 0.1) is 12.4 Å². The van der Waals surface area contributed by atoms with E-state index >= 15 is 0 Å². The van der Waals surface area contributed by atoms with Crippen molar-refractivity contribution in [2.45, 2.75) is 25.5 Å². The minimum Gasteiger partial charge on any atom is -0.380 e. The summed E-state index contributed by atoms with van der Waals surface area (Å²) in [6, 6.07) is 7.33. The molecule has 0 N–H and O–H groups in total. The molecular weight excluding hydrogens is 298 g/mol. The lowest BCUT2D eigenvalue weighted by Crippen LogP contribution is -2.34. The summed E-state index contributed by atoms with van der Waals surface area (Å²) in [6.07, 6.45) is 0. The van der Waals surface area contributed by atoms with Gasteiger partial charge in [-0.15, -0.1) is 11.6 Å². The van der Waals surface area contributed by atoms with Crippen LogP contribution in [0.25, 0.3) is 0 Å². The maximum absolute atomic E-state index is 12.3. The molecule has 4 nitrogen and oxygen atoms in total. The number of alkyl halides is 1. The fourth-order valence-electron chi connectivity index (χ4n) is 1.83. The molecule has 0 aliphatic rings. The third kappa shape index (κ3) is 5.40. The van der Waals surface area contributed by atoms with Crippen LogP contribution in [-0.4, -0.2) is 39.0 Å². The standard InChI is InChI=1S/C14H22ClNO3S/c1-3-16(9-10-19-4-2)20(17,18)12-14-7-5-13(11-15)6-8-14/h5-8H,3-4,9-12H2,1-2H3. The lowest BCUT2D eigenvalue weighted by atomic mass is 10.2. The van der Waals surface area contributed by atoms with E-state index in [0.29, 0.717) is 32.2 Å². The van der Waals surface area contributed by atoms with Gasteiger partial charge in [0, 0.05) is 25.6 Å². The third-order valence-electron chi connectivity index (χ3n) is 2.96. The Morgan fingerprint density at radius 2 is 1.75 bits per heavy atom. The second-order valence-corrected chi connectivity index (χ2v) is 6.63. The SMILES string of the molecule is CCOCCN(CC)S(=O)(=O)Cc1ccc(CCl)cc1.